The van der Waals surface area contributed by atoms with E-state index in [0.29, 0.717) is 38.0 Å². The van der Waals surface area contributed by atoms with Crippen LogP contribution in [0.1, 0.15) is 42.7 Å². The highest BCUT2D eigenvalue weighted by Gasteiger charge is 2.77. The van der Waals surface area contributed by atoms with Gasteiger partial charge in [-0.3, -0.25) is 29.0 Å². The molecule has 1 N–H and O–H groups in total. The quantitative estimate of drug-likeness (QED) is 0.0745. The average Bonchev–Trinajstić information content (AvgIpc) is 3.54. The standard InChI is InChI=1S/C40H34Cl2F5N3O6/c41-39-18-25-22(10-11-24-27(25)36(53)49(35(24)52)21-12-14-48(15-13-21)19-20-6-2-1-3-7-20)28(23-8-4-5-9-26(23)56-17-16-51)40(39,42)38(55)50(37(39)54)34-32(46)30(44)29(43)31(45)33(34)47/h1-10,21,24-25,27-28,51H,11-19H2. The first kappa shape index (κ1) is 38.5. The number of hydrogen-bond donors (Lipinski definition) is 1. The molecule has 6 unspecified atom stereocenters. The number of anilines is 1. The van der Waals surface area contributed by atoms with Crippen molar-refractivity contribution < 1.29 is 51.0 Å². The molecular weight excluding hydrogens is 784 g/mol. The zero-order chi connectivity index (χ0) is 39.8. The van der Waals surface area contributed by atoms with Crippen LogP contribution in [-0.4, -0.2) is 80.6 Å². The molecule has 8 rings (SSSR count). The van der Waals surface area contributed by atoms with E-state index >= 15 is 8.78 Å². The minimum Gasteiger partial charge on any atom is -0.491 e. The molecule has 9 nitrogen and oxygen atoms in total. The van der Waals surface area contributed by atoms with Crippen LogP contribution >= 0.6 is 23.2 Å². The number of ether oxygens (including phenoxy) is 1. The predicted molar refractivity (Wildman–Crippen MR) is 192 cm³/mol. The number of para-hydroxylation sites is 1. The molecule has 0 bridgehead atoms. The number of piperidine rings is 1. The smallest absolute Gasteiger partial charge is 0.258 e. The molecule has 3 aliphatic heterocycles. The highest BCUT2D eigenvalue weighted by molar-refractivity contribution is 6.58. The number of likely N-dealkylation sites (tertiary alicyclic amines) is 2. The van der Waals surface area contributed by atoms with Gasteiger partial charge in [-0.2, -0.15) is 0 Å². The van der Waals surface area contributed by atoms with Gasteiger partial charge in [0.1, 0.15) is 18.0 Å². The predicted octanol–water partition coefficient (Wildman–Crippen LogP) is 5.98. The summed E-state index contributed by atoms with van der Waals surface area (Å²) in [5.74, 6) is -20.7. The van der Waals surface area contributed by atoms with Crippen LogP contribution in [0.5, 0.6) is 5.75 Å². The van der Waals surface area contributed by atoms with Gasteiger partial charge in [0.25, 0.3) is 11.8 Å². The Labute approximate surface area is 327 Å². The van der Waals surface area contributed by atoms with Gasteiger partial charge in [0, 0.05) is 37.2 Å². The van der Waals surface area contributed by atoms with Crippen molar-refractivity contribution in [1.29, 1.82) is 0 Å². The first-order chi connectivity index (χ1) is 26.8. The second kappa shape index (κ2) is 14.2. The van der Waals surface area contributed by atoms with E-state index in [1.165, 1.54) is 17.0 Å². The summed E-state index contributed by atoms with van der Waals surface area (Å²) in [6.07, 6.45) is 2.12. The van der Waals surface area contributed by atoms with Gasteiger partial charge in [0.05, 0.1) is 18.4 Å². The van der Waals surface area contributed by atoms with E-state index in [4.69, 9.17) is 27.9 Å². The lowest BCUT2D eigenvalue weighted by molar-refractivity contribution is -0.144. The Morgan fingerprint density at radius 2 is 1.41 bits per heavy atom. The Morgan fingerprint density at radius 3 is 2.07 bits per heavy atom. The van der Waals surface area contributed by atoms with Crippen LogP contribution in [0.15, 0.2) is 66.2 Å². The minimum absolute atomic E-state index is 0.0341. The number of imide groups is 2. The summed E-state index contributed by atoms with van der Waals surface area (Å²) < 4.78 is 79.8. The van der Waals surface area contributed by atoms with Crippen molar-refractivity contribution in [2.24, 2.45) is 17.8 Å². The number of benzene rings is 3. The van der Waals surface area contributed by atoms with Gasteiger partial charge in [-0.05, 0) is 43.2 Å². The molecule has 0 spiro atoms. The number of carbonyl (C=O) groups is 4. The Bertz CT molecular complexity index is 2160. The summed E-state index contributed by atoms with van der Waals surface area (Å²) in [6, 6.07) is 15.6. The van der Waals surface area contributed by atoms with Crippen LogP contribution in [-0.2, 0) is 25.7 Å². The molecule has 2 aliphatic carbocycles. The molecule has 294 valence electrons. The van der Waals surface area contributed by atoms with E-state index in [9.17, 15) is 37.5 Å². The number of nitrogens with zero attached hydrogens (tertiary/aromatic N) is 3. The van der Waals surface area contributed by atoms with Gasteiger partial charge in [-0.1, -0.05) is 60.2 Å². The lowest BCUT2D eigenvalue weighted by Gasteiger charge is -2.51. The van der Waals surface area contributed by atoms with Crippen LogP contribution in [0.3, 0.4) is 0 Å². The Morgan fingerprint density at radius 1 is 0.786 bits per heavy atom. The van der Waals surface area contributed by atoms with E-state index in [-0.39, 0.29) is 29.2 Å². The molecule has 6 atom stereocenters. The molecule has 3 heterocycles. The molecule has 0 aromatic heterocycles. The second-order valence-electron chi connectivity index (χ2n) is 14.8. The Kier molecular flexibility index (Phi) is 9.78. The molecule has 1 saturated carbocycles. The van der Waals surface area contributed by atoms with E-state index in [1.54, 1.807) is 18.2 Å². The number of hydrogen-bond acceptors (Lipinski definition) is 7. The number of fused-ring (bicyclic) bond motifs is 4. The van der Waals surface area contributed by atoms with Gasteiger partial charge >= 0.3 is 0 Å². The third-order valence-corrected chi connectivity index (χ3v) is 13.4. The molecule has 16 heteroatoms. The third kappa shape index (κ3) is 5.53. The van der Waals surface area contributed by atoms with Crippen molar-refractivity contribution >= 4 is 52.5 Å². The topological polar surface area (TPSA) is 107 Å². The SMILES string of the molecule is O=C1C2CC=C3C(CC4(Cl)C(=O)N(c5c(F)c(F)c(F)c(F)c5F)C(=O)C4(Cl)C3c3ccccc3OCCO)C2C(=O)N1C1CCN(Cc2ccccc2)CC1. The third-order valence-electron chi connectivity index (χ3n) is 12.0. The van der Waals surface area contributed by atoms with Gasteiger partial charge in [0.2, 0.25) is 17.6 Å². The number of aliphatic hydroxyl groups excluding tert-OH is 1. The van der Waals surface area contributed by atoms with Crippen molar-refractivity contribution in [1.82, 2.24) is 9.80 Å². The zero-order valence-corrected chi connectivity index (χ0v) is 31.0. The van der Waals surface area contributed by atoms with Gasteiger partial charge < -0.3 is 9.84 Å². The molecule has 4 fully saturated rings. The fourth-order valence-electron chi connectivity index (χ4n) is 9.48. The number of carbonyl (C=O) groups excluding carboxylic acids is 4. The average molecular weight is 819 g/mol. The highest BCUT2D eigenvalue weighted by Crippen LogP contribution is 2.66. The molecule has 5 aliphatic rings. The molecular formula is C40H34Cl2F5N3O6. The lowest BCUT2D eigenvalue weighted by Crippen LogP contribution is -2.60. The van der Waals surface area contributed by atoms with E-state index < -0.39 is 111 Å². The van der Waals surface area contributed by atoms with Crippen molar-refractivity contribution in [3.63, 3.8) is 0 Å². The lowest BCUT2D eigenvalue weighted by atomic mass is 9.56. The van der Waals surface area contributed by atoms with Gasteiger partial charge in [-0.15, -0.1) is 23.2 Å². The number of alkyl halides is 2. The number of rotatable bonds is 8. The molecule has 0 radical (unpaired) electrons. The number of amides is 4. The van der Waals surface area contributed by atoms with E-state index in [2.05, 4.69) is 4.90 Å². The normalized spacial score (nSPS) is 29.4. The van der Waals surface area contributed by atoms with Crippen LogP contribution in [0.25, 0.3) is 0 Å². The molecule has 3 aromatic rings. The molecule has 3 aromatic carbocycles. The fraction of sp³-hybridized carbons (Fsp3) is 0.400. The fourth-order valence-corrected chi connectivity index (χ4v) is 10.4. The maximum atomic E-state index is 15.4. The number of allylic oxidation sites excluding steroid dienone is 2. The molecule has 3 saturated heterocycles. The Balaban J connectivity index is 1.20. The number of aliphatic hydroxyl groups is 1. The van der Waals surface area contributed by atoms with E-state index in [1.807, 2.05) is 30.3 Å². The maximum absolute atomic E-state index is 15.4. The van der Waals surface area contributed by atoms with Crippen LogP contribution in [0, 0.1) is 46.8 Å². The van der Waals surface area contributed by atoms with Crippen molar-refractivity contribution in [3.05, 3.63) is 106 Å². The Hall–Kier alpha value is -4.37. The monoisotopic (exact) mass is 817 g/mol. The second-order valence-corrected chi connectivity index (χ2v) is 16.1. The van der Waals surface area contributed by atoms with Crippen LogP contribution in [0.2, 0.25) is 0 Å². The summed E-state index contributed by atoms with van der Waals surface area (Å²) in [7, 11) is 0. The number of halogens is 7. The van der Waals surface area contributed by atoms with Crippen LogP contribution < -0.4 is 9.64 Å². The first-order valence-corrected chi connectivity index (χ1v) is 19.0. The van der Waals surface area contributed by atoms with Crippen molar-refractivity contribution in [2.75, 3.05) is 31.2 Å². The van der Waals surface area contributed by atoms with Crippen LogP contribution in [0.4, 0.5) is 27.6 Å². The summed E-state index contributed by atoms with van der Waals surface area (Å²) in [4.78, 5) is 55.8. The van der Waals surface area contributed by atoms with E-state index in [0.717, 1.165) is 5.56 Å². The van der Waals surface area contributed by atoms with Gasteiger partial charge in [-0.25, -0.2) is 26.9 Å². The highest BCUT2D eigenvalue weighted by atomic mass is 35.5. The molecule has 4 amide bonds. The summed E-state index contributed by atoms with van der Waals surface area (Å²) in [5.41, 5.74) is -0.266. The minimum atomic E-state index is -2.68. The van der Waals surface area contributed by atoms with Crippen molar-refractivity contribution in [3.8, 4) is 5.75 Å². The summed E-state index contributed by atoms with van der Waals surface area (Å²) >= 11 is 14.5. The van der Waals surface area contributed by atoms with Gasteiger partial charge in [0.15, 0.2) is 33.0 Å². The molecule has 56 heavy (non-hydrogen) atoms. The zero-order valence-electron chi connectivity index (χ0n) is 29.5. The van der Waals surface area contributed by atoms with Crippen molar-refractivity contribution in [2.45, 2.75) is 53.9 Å². The summed E-state index contributed by atoms with van der Waals surface area (Å²) in [5, 5.41) is 9.56. The summed E-state index contributed by atoms with van der Waals surface area (Å²) in [6.45, 7) is 1.29. The first-order valence-electron chi connectivity index (χ1n) is 18.2. The largest absolute Gasteiger partial charge is 0.491 e. The maximum Gasteiger partial charge on any atom is 0.258 e.